The molecule has 3 nitrogen and oxygen atoms in total. The van der Waals surface area contributed by atoms with E-state index in [1.807, 2.05) is 0 Å². The Morgan fingerprint density at radius 3 is 2.44 bits per heavy atom. The fourth-order valence-corrected chi connectivity index (χ4v) is 1.76. The van der Waals surface area contributed by atoms with E-state index in [2.05, 4.69) is 49.6 Å². The van der Waals surface area contributed by atoms with E-state index in [0.29, 0.717) is 5.15 Å². The molecule has 0 N–H and O–H groups in total. The molecule has 0 saturated carbocycles. The van der Waals surface area contributed by atoms with Gasteiger partial charge in [-0.15, -0.1) is 0 Å². The molecule has 0 fully saturated rings. The van der Waals surface area contributed by atoms with Crippen molar-refractivity contribution < 1.29 is 0 Å². The summed E-state index contributed by atoms with van der Waals surface area (Å²) in [5.74, 6) is 0.939. The van der Waals surface area contributed by atoms with Crippen molar-refractivity contribution in [3.63, 3.8) is 0 Å². The minimum Gasteiger partial charge on any atom is -0.354 e. The Balaban J connectivity index is 3.18. The minimum absolute atomic E-state index is 0.0710. The van der Waals surface area contributed by atoms with E-state index in [4.69, 9.17) is 11.6 Å². The molecule has 0 aliphatic heterocycles. The first-order chi connectivity index (χ1) is 7.44. The van der Waals surface area contributed by atoms with Crippen LogP contribution in [0, 0.1) is 0 Å². The smallest absolute Gasteiger partial charge is 0.137 e. The molecule has 0 amide bonds. The normalized spacial score (nSPS) is 11.6. The van der Waals surface area contributed by atoms with Crippen LogP contribution >= 0.6 is 11.6 Å². The van der Waals surface area contributed by atoms with Gasteiger partial charge in [0.25, 0.3) is 0 Å². The zero-order chi connectivity index (χ0) is 12.3. The number of hydrogen-bond donors (Lipinski definition) is 0. The van der Waals surface area contributed by atoms with Gasteiger partial charge in [0.1, 0.15) is 17.3 Å². The molecule has 0 spiro atoms. The largest absolute Gasteiger partial charge is 0.354 e. The predicted octanol–water partition coefficient (Wildman–Crippen LogP) is 3.32. The molecule has 1 aromatic heterocycles. The van der Waals surface area contributed by atoms with Crippen LogP contribution in [0.3, 0.4) is 0 Å². The lowest BCUT2D eigenvalue weighted by Crippen LogP contribution is -2.41. The lowest BCUT2D eigenvalue weighted by molar-refractivity contribution is 0.466. The quantitative estimate of drug-likeness (QED) is 0.758. The molecular weight excluding hydrogens is 222 g/mol. The van der Waals surface area contributed by atoms with Crippen LogP contribution in [0.15, 0.2) is 6.33 Å². The van der Waals surface area contributed by atoms with Crippen LogP contribution in [0.5, 0.6) is 0 Å². The van der Waals surface area contributed by atoms with E-state index in [-0.39, 0.29) is 5.54 Å². The molecule has 0 atom stereocenters. The third-order valence-corrected chi connectivity index (χ3v) is 3.64. The topological polar surface area (TPSA) is 29.0 Å². The van der Waals surface area contributed by atoms with Crippen LogP contribution in [-0.4, -0.2) is 22.6 Å². The van der Waals surface area contributed by atoms with Crippen LogP contribution in [0.2, 0.25) is 5.15 Å². The maximum Gasteiger partial charge on any atom is 0.137 e. The Hall–Kier alpha value is -0.830. The van der Waals surface area contributed by atoms with Crippen molar-refractivity contribution in [2.24, 2.45) is 0 Å². The maximum atomic E-state index is 6.09. The molecule has 1 rings (SSSR count). The fourth-order valence-electron chi connectivity index (χ4n) is 1.50. The standard InChI is InChI=1S/C12H20ClN3/c1-6-9-10(13)14-8-15-11(9)16(5)12(3,4)7-2/h8H,6-7H2,1-5H3. The van der Waals surface area contributed by atoms with Crippen molar-refractivity contribution in [3.8, 4) is 0 Å². The summed E-state index contributed by atoms with van der Waals surface area (Å²) in [5.41, 5.74) is 1.09. The van der Waals surface area contributed by atoms with Gasteiger partial charge in [0.15, 0.2) is 0 Å². The predicted molar refractivity (Wildman–Crippen MR) is 69.2 cm³/mol. The summed E-state index contributed by atoms with van der Waals surface area (Å²) in [5, 5.41) is 0.561. The van der Waals surface area contributed by atoms with Gasteiger partial charge in [-0.2, -0.15) is 0 Å². The molecule has 90 valence electrons. The van der Waals surface area contributed by atoms with E-state index in [9.17, 15) is 0 Å². The van der Waals surface area contributed by atoms with Crippen LogP contribution < -0.4 is 4.90 Å². The first-order valence-electron chi connectivity index (χ1n) is 5.67. The molecule has 1 heterocycles. The van der Waals surface area contributed by atoms with Crippen LogP contribution in [0.25, 0.3) is 0 Å². The molecule has 0 bridgehead atoms. The second-order valence-corrected chi connectivity index (χ2v) is 4.90. The molecule has 0 unspecified atom stereocenters. The molecule has 0 aliphatic rings. The highest BCUT2D eigenvalue weighted by molar-refractivity contribution is 6.30. The molecule has 0 aromatic carbocycles. The molecule has 4 heteroatoms. The highest BCUT2D eigenvalue weighted by Gasteiger charge is 2.25. The summed E-state index contributed by atoms with van der Waals surface area (Å²) in [6.45, 7) is 8.64. The second-order valence-electron chi connectivity index (χ2n) is 4.55. The summed E-state index contributed by atoms with van der Waals surface area (Å²) >= 11 is 6.09. The van der Waals surface area contributed by atoms with Gasteiger partial charge < -0.3 is 4.90 Å². The summed E-state index contributed by atoms with van der Waals surface area (Å²) in [7, 11) is 2.06. The molecule has 16 heavy (non-hydrogen) atoms. The Morgan fingerprint density at radius 2 is 1.94 bits per heavy atom. The fraction of sp³-hybridized carbons (Fsp3) is 0.667. The summed E-state index contributed by atoms with van der Waals surface area (Å²) in [4.78, 5) is 10.6. The van der Waals surface area contributed by atoms with E-state index in [0.717, 1.165) is 24.2 Å². The lowest BCUT2D eigenvalue weighted by Gasteiger charge is -2.36. The van der Waals surface area contributed by atoms with Gasteiger partial charge in [0, 0.05) is 18.2 Å². The SMILES string of the molecule is CCc1c(Cl)ncnc1N(C)C(C)(C)CC. The Labute approximate surface area is 103 Å². The highest BCUT2D eigenvalue weighted by atomic mass is 35.5. The third-order valence-electron chi connectivity index (χ3n) is 3.31. The van der Waals surface area contributed by atoms with Gasteiger partial charge >= 0.3 is 0 Å². The van der Waals surface area contributed by atoms with E-state index in [1.165, 1.54) is 6.33 Å². The number of aromatic nitrogens is 2. The summed E-state index contributed by atoms with van der Waals surface area (Å²) in [6, 6.07) is 0. The van der Waals surface area contributed by atoms with Gasteiger partial charge in [-0.05, 0) is 26.7 Å². The number of anilines is 1. The van der Waals surface area contributed by atoms with E-state index < -0.39 is 0 Å². The Morgan fingerprint density at radius 1 is 1.31 bits per heavy atom. The first kappa shape index (κ1) is 13.2. The number of halogens is 1. The van der Waals surface area contributed by atoms with Crippen molar-refractivity contribution in [1.29, 1.82) is 0 Å². The molecule has 0 aliphatic carbocycles. The minimum atomic E-state index is 0.0710. The molecular formula is C12H20ClN3. The monoisotopic (exact) mass is 241 g/mol. The van der Waals surface area contributed by atoms with Gasteiger partial charge in [0.2, 0.25) is 0 Å². The van der Waals surface area contributed by atoms with Crippen molar-refractivity contribution in [1.82, 2.24) is 9.97 Å². The van der Waals surface area contributed by atoms with E-state index in [1.54, 1.807) is 0 Å². The van der Waals surface area contributed by atoms with Gasteiger partial charge in [-0.25, -0.2) is 9.97 Å². The van der Waals surface area contributed by atoms with E-state index >= 15 is 0 Å². The van der Waals surface area contributed by atoms with Crippen molar-refractivity contribution in [3.05, 3.63) is 17.0 Å². The van der Waals surface area contributed by atoms with Crippen molar-refractivity contribution in [2.75, 3.05) is 11.9 Å². The number of nitrogens with zero attached hydrogens (tertiary/aromatic N) is 3. The van der Waals surface area contributed by atoms with Gasteiger partial charge in [-0.1, -0.05) is 25.4 Å². The average molecular weight is 242 g/mol. The summed E-state index contributed by atoms with van der Waals surface area (Å²) < 4.78 is 0. The van der Waals surface area contributed by atoms with Gasteiger partial charge in [-0.3, -0.25) is 0 Å². The maximum absolute atomic E-state index is 6.09. The molecule has 1 aromatic rings. The zero-order valence-corrected chi connectivity index (χ0v) is 11.5. The highest BCUT2D eigenvalue weighted by Crippen LogP contribution is 2.29. The van der Waals surface area contributed by atoms with Crippen LogP contribution in [-0.2, 0) is 6.42 Å². The van der Waals surface area contributed by atoms with Crippen molar-refractivity contribution >= 4 is 17.4 Å². The van der Waals surface area contributed by atoms with Gasteiger partial charge in [0.05, 0.1) is 0 Å². The molecule has 0 radical (unpaired) electrons. The third kappa shape index (κ3) is 2.46. The zero-order valence-electron chi connectivity index (χ0n) is 10.7. The number of rotatable bonds is 4. The lowest BCUT2D eigenvalue weighted by atomic mass is 9.99. The first-order valence-corrected chi connectivity index (χ1v) is 6.05. The van der Waals surface area contributed by atoms with Crippen LogP contribution in [0.1, 0.15) is 39.7 Å². The average Bonchev–Trinajstić information content (AvgIpc) is 2.27. The Bertz CT molecular complexity index is 363. The molecule has 0 saturated heterocycles. The second kappa shape index (κ2) is 5.00. The Kier molecular flexibility index (Phi) is 4.14. The number of hydrogen-bond acceptors (Lipinski definition) is 3. The van der Waals surface area contributed by atoms with Crippen molar-refractivity contribution in [2.45, 2.75) is 46.1 Å². The summed E-state index contributed by atoms with van der Waals surface area (Å²) in [6.07, 6.45) is 3.42. The van der Waals surface area contributed by atoms with Crippen LogP contribution in [0.4, 0.5) is 5.82 Å².